The van der Waals surface area contributed by atoms with Gasteiger partial charge in [0.05, 0.1) is 0 Å². The predicted molar refractivity (Wildman–Crippen MR) is 19.7 cm³/mol. The van der Waals surface area contributed by atoms with Crippen molar-refractivity contribution in [3.05, 3.63) is 0 Å². The molecule has 29 valence electrons. The maximum absolute atomic E-state index is 4.73. The number of rotatable bonds is 2. The molecule has 0 rings (SSSR count). The molecule has 1 nitrogen and oxygen atoms in total. The summed E-state index contributed by atoms with van der Waals surface area (Å²) < 4.78 is 4.73. The first-order valence-electron chi connectivity index (χ1n) is 1.26. The summed E-state index contributed by atoms with van der Waals surface area (Å²) in [5, 5.41) is 0.957. The van der Waals surface area contributed by atoms with Crippen molar-refractivity contribution in [2.45, 2.75) is 0 Å². The van der Waals surface area contributed by atoms with E-state index in [2.05, 4.69) is 15.9 Å². The molecule has 0 spiro atoms. The fraction of sp³-hybridized carbons (Fsp3) is 1.00. The van der Waals surface area contributed by atoms with E-state index in [1.165, 1.54) is 0 Å². The van der Waals surface area contributed by atoms with E-state index in [-0.39, 0.29) is 0 Å². The molecule has 0 heterocycles. The van der Waals surface area contributed by atoms with Crippen LogP contribution in [0.1, 0.15) is 0 Å². The average molecular weight is 215 g/mol. The van der Waals surface area contributed by atoms with Crippen LogP contribution in [-0.4, -0.2) is 11.9 Å². The molecule has 0 aliphatic rings. The van der Waals surface area contributed by atoms with Crippen LogP contribution in [0, 0.1) is 0 Å². The Kier molecular flexibility index (Phi) is 6.73. The third-order valence-corrected chi connectivity index (χ3v) is 1.00. The fourth-order valence-corrected chi connectivity index (χ4v) is 1.19. The molecule has 0 aliphatic heterocycles. The summed E-state index contributed by atoms with van der Waals surface area (Å²) in [5.41, 5.74) is 0. The van der Waals surface area contributed by atoms with Gasteiger partial charge in [-0.25, -0.2) is 0 Å². The van der Waals surface area contributed by atoms with E-state index in [0.29, 0.717) is 0 Å². The van der Waals surface area contributed by atoms with Crippen LogP contribution in [0.25, 0.3) is 0 Å². The molecule has 5 heavy (non-hydrogen) atoms. The van der Waals surface area contributed by atoms with Gasteiger partial charge in [0.1, 0.15) is 0 Å². The average Bonchev–Trinajstić information content (AvgIpc) is 1.41. The third kappa shape index (κ3) is 5.32. The van der Waals surface area contributed by atoms with E-state index in [1.807, 2.05) is 0 Å². The first kappa shape index (κ1) is 6.32. The summed E-state index contributed by atoms with van der Waals surface area (Å²) in [4.78, 5) is 0. The van der Waals surface area contributed by atoms with Gasteiger partial charge in [0.2, 0.25) is 0 Å². The van der Waals surface area contributed by atoms with Crippen LogP contribution in [0.5, 0.6) is 0 Å². The van der Waals surface area contributed by atoms with Crippen molar-refractivity contribution in [1.29, 1.82) is 0 Å². The molecule has 0 radical (unpaired) electrons. The van der Waals surface area contributed by atoms with Gasteiger partial charge in [0.15, 0.2) is 0 Å². The monoisotopic (exact) mass is 213 g/mol. The van der Waals surface area contributed by atoms with Crippen LogP contribution in [-0.2, 0) is 28.0 Å². The molecule has 0 N–H and O–H groups in total. The topological polar surface area (TPSA) is 9.23 Å². The fourth-order valence-electron chi connectivity index (χ4n) is 0.0386. The molecule has 0 bridgehead atoms. The van der Waals surface area contributed by atoms with Gasteiger partial charge >= 0.3 is 55.8 Å². The zero-order valence-electron chi connectivity index (χ0n) is 2.70. The summed E-state index contributed by atoms with van der Waals surface area (Å²) in [5.74, 6) is 0. The molecule has 0 amide bonds. The molecule has 0 saturated carbocycles. The van der Waals surface area contributed by atoms with Gasteiger partial charge in [-0.3, -0.25) is 0 Å². The van der Waals surface area contributed by atoms with Gasteiger partial charge in [0, 0.05) is 0 Å². The number of hydrogen-bond acceptors (Lipinski definition) is 1. The van der Waals surface area contributed by atoms with Crippen LogP contribution in [0.15, 0.2) is 0 Å². The number of alkyl halides is 1. The van der Waals surface area contributed by atoms with Gasteiger partial charge in [0.25, 0.3) is 0 Å². The summed E-state index contributed by atoms with van der Waals surface area (Å²) in [6, 6.07) is 0. The van der Waals surface area contributed by atoms with Crippen LogP contribution < -0.4 is 0 Å². The quantitative estimate of drug-likeness (QED) is 0.621. The van der Waals surface area contributed by atoms with Crippen LogP contribution in [0.3, 0.4) is 0 Å². The standard InChI is InChI=1S/C2H4BrO.Zr/c3-1-2-4;/h1-2H2;/q-1;+1. The number of halogens is 1. The Morgan fingerprint density at radius 1 is 1.80 bits per heavy atom. The molecule has 0 aliphatic carbocycles. The van der Waals surface area contributed by atoms with E-state index in [0.717, 1.165) is 37.1 Å². The van der Waals surface area contributed by atoms with Crippen molar-refractivity contribution in [1.82, 2.24) is 0 Å². The summed E-state index contributed by atoms with van der Waals surface area (Å²) in [7, 11) is 0. The maximum atomic E-state index is 4.73. The molecule has 0 aromatic carbocycles. The minimum absolute atomic E-state index is 0.846. The normalized spacial score (nSPS) is 8.00. The Labute approximate surface area is 55.7 Å². The van der Waals surface area contributed by atoms with Gasteiger partial charge in [-0.05, 0) is 0 Å². The SMILES string of the molecule is BrCC[O][Zr]. The Bertz CT molecular complexity index is 17.1. The van der Waals surface area contributed by atoms with E-state index >= 15 is 0 Å². The van der Waals surface area contributed by atoms with E-state index < -0.39 is 0 Å². The van der Waals surface area contributed by atoms with Crippen LogP contribution in [0.2, 0.25) is 0 Å². The van der Waals surface area contributed by atoms with E-state index in [9.17, 15) is 0 Å². The molecule has 0 aromatic heterocycles. The second-order valence-corrected chi connectivity index (χ2v) is 2.04. The molecule has 0 unspecified atom stereocenters. The number of hydrogen-bond donors (Lipinski definition) is 0. The Balaban J connectivity index is 2.19. The second-order valence-electron chi connectivity index (χ2n) is 0.537. The van der Waals surface area contributed by atoms with Crippen LogP contribution in [0.4, 0.5) is 0 Å². The van der Waals surface area contributed by atoms with Gasteiger partial charge in [-0.2, -0.15) is 0 Å². The Morgan fingerprint density at radius 2 is 2.40 bits per heavy atom. The van der Waals surface area contributed by atoms with Crippen molar-refractivity contribution in [2.75, 3.05) is 11.9 Å². The molecule has 0 aromatic rings. The zero-order valence-corrected chi connectivity index (χ0v) is 6.74. The molecule has 0 atom stereocenters. The van der Waals surface area contributed by atoms with Crippen molar-refractivity contribution < 1.29 is 28.0 Å². The molecular weight excluding hydrogens is 211 g/mol. The summed E-state index contributed by atoms with van der Waals surface area (Å²) in [6.07, 6.45) is 0. The van der Waals surface area contributed by atoms with E-state index in [1.54, 1.807) is 0 Å². The van der Waals surface area contributed by atoms with Crippen molar-refractivity contribution in [3.8, 4) is 0 Å². The molecule has 0 saturated heterocycles. The Hall–Kier alpha value is 1.32. The minimum atomic E-state index is 0.846. The van der Waals surface area contributed by atoms with Gasteiger partial charge < -0.3 is 0 Å². The van der Waals surface area contributed by atoms with Crippen molar-refractivity contribution in [3.63, 3.8) is 0 Å². The summed E-state index contributed by atoms with van der Waals surface area (Å²) in [6.45, 7) is 0.846. The molecule has 3 heteroatoms. The van der Waals surface area contributed by atoms with Gasteiger partial charge in [-0.1, -0.05) is 0 Å². The second kappa shape index (κ2) is 5.32. The van der Waals surface area contributed by atoms with Crippen molar-refractivity contribution >= 4 is 15.9 Å². The van der Waals surface area contributed by atoms with Gasteiger partial charge in [-0.15, -0.1) is 0 Å². The summed E-state index contributed by atoms with van der Waals surface area (Å²) >= 11 is 4.35. The Morgan fingerprint density at radius 3 is 2.40 bits per heavy atom. The predicted octanol–water partition coefficient (Wildman–Crippen LogP) is 0.860. The third-order valence-electron chi connectivity index (χ3n) is 0.179. The molecule has 0 fully saturated rings. The first-order chi connectivity index (χ1) is 2.41. The van der Waals surface area contributed by atoms with E-state index in [4.69, 9.17) is 2.81 Å². The zero-order chi connectivity index (χ0) is 4.12. The van der Waals surface area contributed by atoms with Crippen molar-refractivity contribution in [2.24, 2.45) is 0 Å². The van der Waals surface area contributed by atoms with Crippen LogP contribution >= 0.6 is 15.9 Å². The molecular formula is C2H4BrOZr. The first-order valence-corrected chi connectivity index (χ1v) is 3.39.